The number of ether oxygens (including phenoxy) is 1. The molecule has 2 atom stereocenters. The highest BCUT2D eigenvalue weighted by atomic mass is 32.2. The molecule has 12 heteroatoms. The van der Waals surface area contributed by atoms with Gasteiger partial charge in [-0.3, -0.25) is 9.88 Å². The highest BCUT2D eigenvalue weighted by Gasteiger charge is 2.42. The summed E-state index contributed by atoms with van der Waals surface area (Å²) < 4.78 is 72.3. The third-order valence-corrected chi connectivity index (χ3v) is 8.42. The molecule has 0 bridgehead atoms. The molecule has 0 N–H and O–H groups in total. The Labute approximate surface area is 189 Å². The van der Waals surface area contributed by atoms with Crippen molar-refractivity contribution in [1.82, 2.24) is 24.2 Å². The number of sulfonamides is 1. The number of fused-ring (bicyclic) bond motifs is 1. The highest BCUT2D eigenvalue weighted by molar-refractivity contribution is 7.89. The SMILES string of the molecule is Cc1nc(C(F)(F)F)ccc1S(=O)(=O)N1CCN2C[C@@H](Oc3cnc(C4CC4)cn3)C[C@H]2C1. The summed E-state index contributed by atoms with van der Waals surface area (Å²) in [6, 6.07) is 1.67. The third kappa shape index (κ3) is 4.56. The van der Waals surface area contributed by atoms with Gasteiger partial charge >= 0.3 is 6.18 Å². The summed E-state index contributed by atoms with van der Waals surface area (Å²) in [4.78, 5) is 14.2. The predicted molar refractivity (Wildman–Crippen MR) is 111 cm³/mol. The zero-order chi connectivity index (χ0) is 23.4. The Balaban J connectivity index is 1.25. The first-order chi connectivity index (χ1) is 15.6. The van der Waals surface area contributed by atoms with E-state index in [1.807, 2.05) is 0 Å². The lowest BCUT2D eigenvalue weighted by molar-refractivity contribution is -0.141. The number of rotatable bonds is 5. The number of piperazine rings is 1. The van der Waals surface area contributed by atoms with E-state index < -0.39 is 21.9 Å². The van der Waals surface area contributed by atoms with Crippen LogP contribution in [0.5, 0.6) is 5.88 Å². The molecule has 0 unspecified atom stereocenters. The Morgan fingerprint density at radius 1 is 1.09 bits per heavy atom. The Morgan fingerprint density at radius 2 is 1.88 bits per heavy atom. The minimum Gasteiger partial charge on any atom is -0.472 e. The van der Waals surface area contributed by atoms with Gasteiger partial charge in [-0.15, -0.1) is 0 Å². The number of hydrogen-bond acceptors (Lipinski definition) is 7. The minimum absolute atomic E-state index is 0.0417. The first-order valence-corrected chi connectivity index (χ1v) is 12.3. The van der Waals surface area contributed by atoms with E-state index in [9.17, 15) is 21.6 Å². The van der Waals surface area contributed by atoms with Crippen LogP contribution in [0.4, 0.5) is 13.2 Å². The quantitative estimate of drug-likeness (QED) is 0.646. The molecule has 2 aromatic rings. The maximum Gasteiger partial charge on any atom is 0.433 e. The van der Waals surface area contributed by atoms with Gasteiger partial charge in [-0.05, 0) is 31.9 Å². The Hall–Kier alpha value is -2.31. The van der Waals surface area contributed by atoms with E-state index in [-0.39, 0.29) is 35.8 Å². The van der Waals surface area contributed by atoms with Crippen LogP contribution in [0.2, 0.25) is 0 Å². The first kappa shape index (κ1) is 22.5. The van der Waals surface area contributed by atoms with Crippen molar-refractivity contribution in [1.29, 1.82) is 0 Å². The minimum atomic E-state index is -4.62. The van der Waals surface area contributed by atoms with E-state index in [0.29, 0.717) is 37.4 Å². The lowest BCUT2D eigenvalue weighted by Crippen LogP contribution is -2.52. The molecule has 1 saturated carbocycles. The lowest BCUT2D eigenvalue weighted by Gasteiger charge is -2.36. The van der Waals surface area contributed by atoms with Gasteiger partial charge in [0.2, 0.25) is 15.9 Å². The molecule has 2 aliphatic heterocycles. The maximum absolute atomic E-state index is 13.2. The van der Waals surface area contributed by atoms with E-state index in [2.05, 4.69) is 19.9 Å². The van der Waals surface area contributed by atoms with Crippen LogP contribution in [-0.4, -0.2) is 70.9 Å². The molecule has 3 aliphatic rings. The zero-order valence-electron chi connectivity index (χ0n) is 18.0. The van der Waals surface area contributed by atoms with E-state index in [1.54, 1.807) is 12.4 Å². The van der Waals surface area contributed by atoms with Crippen molar-refractivity contribution in [2.24, 2.45) is 0 Å². The number of aromatic nitrogens is 3. The van der Waals surface area contributed by atoms with Gasteiger partial charge < -0.3 is 4.74 Å². The smallest absolute Gasteiger partial charge is 0.433 e. The van der Waals surface area contributed by atoms with Crippen molar-refractivity contribution in [3.8, 4) is 5.88 Å². The number of aryl methyl sites for hydroxylation is 1. The van der Waals surface area contributed by atoms with Crippen LogP contribution in [0.25, 0.3) is 0 Å². The Bertz CT molecular complexity index is 1140. The highest BCUT2D eigenvalue weighted by Crippen LogP contribution is 2.38. The van der Waals surface area contributed by atoms with E-state index in [4.69, 9.17) is 4.74 Å². The van der Waals surface area contributed by atoms with Crippen LogP contribution < -0.4 is 4.74 Å². The summed E-state index contributed by atoms with van der Waals surface area (Å²) in [5.41, 5.74) is -0.277. The van der Waals surface area contributed by atoms with Gasteiger partial charge in [-0.25, -0.2) is 18.4 Å². The topological polar surface area (TPSA) is 88.5 Å². The number of halogens is 3. The number of alkyl halides is 3. The number of nitrogens with zero attached hydrogens (tertiary/aromatic N) is 5. The molecule has 0 spiro atoms. The van der Waals surface area contributed by atoms with Crippen molar-refractivity contribution in [2.75, 3.05) is 26.2 Å². The Kier molecular flexibility index (Phi) is 5.57. The average Bonchev–Trinajstić information content (AvgIpc) is 3.53. The van der Waals surface area contributed by atoms with Gasteiger partial charge in [0.1, 0.15) is 16.7 Å². The Morgan fingerprint density at radius 3 is 2.52 bits per heavy atom. The van der Waals surface area contributed by atoms with E-state index in [1.165, 1.54) is 11.2 Å². The lowest BCUT2D eigenvalue weighted by atomic mass is 10.2. The molecule has 1 aliphatic carbocycles. The predicted octanol–water partition coefficient (Wildman–Crippen LogP) is 2.60. The van der Waals surface area contributed by atoms with Crippen molar-refractivity contribution < 1.29 is 26.3 Å². The molecule has 178 valence electrons. The summed E-state index contributed by atoms with van der Waals surface area (Å²) in [5, 5.41) is 0. The van der Waals surface area contributed by atoms with Gasteiger partial charge in [0.25, 0.3) is 0 Å². The fourth-order valence-electron chi connectivity index (χ4n) is 4.54. The van der Waals surface area contributed by atoms with Crippen LogP contribution in [0.1, 0.15) is 42.3 Å². The fourth-order valence-corrected chi connectivity index (χ4v) is 6.16. The van der Waals surface area contributed by atoms with Gasteiger partial charge in [-0.1, -0.05) is 0 Å². The third-order valence-electron chi connectivity index (χ3n) is 6.42. The molecular weight excluding hydrogens is 459 g/mol. The standard InChI is InChI=1S/C21H24F3N5O3S/c1-13-18(4-5-19(27-13)21(22,23)24)33(30,31)29-7-6-28-12-16(8-15(28)11-29)32-20-10-25-17(9-26-20)14-2-3-14/h4-5,9-10,14-16H,2-3,6-8,11-12H2,1H3/t15-,16-/m0/s1. The number of hydrogen-bond donors (Lipinski definition) is 0. The molecule has 2 aromatic heterocycles. The second kappa shape index (κ2) is 8.17. The van der Waals surface area contributed by atoms with Crippen LogP contribution in [0, 0.1) is 6.92 Å². The molecular formula is C21H24F3N5O3S. The van der Waals surface area contributed by atoms with Gasteiger partial charge in [0.15, 0.2) is 0 Å². The summed E-state index contributed by atoms with van der Waals surface area (Å²) in [6.45, 7) is 2.96. The summed E-state index contributed by atoms with van der Waals surface area (Å²) in [7, 11) is -3.96. The van der Waals surface area contributed by atoms with Crippen molar-refractivity contribution in [2.45, 2.75) is 55.3 Å². The van der Waals surface area contributed by atoms with Crippen LogP contribution in [0.15, 0.2) is 29.4 Å². The summed E-state index contributed by atoms with van der Waals surface area (Å²) in [6.07, 6.45) is 1.56. The van der Waals surface area contributed by atoms with Crippen LogP contribution >= 0.6 is 0 Å². The normalized spacial score (nSPS) is 24.6. The maximum atomic E-state index is 13.2. The molecule has 4 heterocycles. The van der Waals surface area contributed by atoms with Crippen molar-refractivity contribution in [3.05, 3.63) is 41.6 Å². The van der Waals surface area contributed by atoms with E-state index in [0.717, 1.165) is 24.6 Å². The molecule has 5 rings (SSSR count). The van der Waals surface area contributed by atoms with Gasteiger partial charge in [0.05, 0.1) is 23.8 Å². The van der Waals surface area contributed by atoms with Gasteiger partial charge in [-0.2, -0.15) is 17.5 Å². The fraction of sp³-hybridized carbons (Fsp3) is 0.571. The van der Waals surface area contributed by atoms with E-state index >= 15 is 0 Å². The monoisotopic (exact) mass is 483 g/mol. The van der Waals surface area contributed by atoms with Crippen LogP contribution in [0.3, 0.4) is 0 Å². The molecule has 3 fully saturated rings. The molecule has 0 amide bonds. The molecule has 0 aromatic carbocycles. The molecule has 8 nitrogen and oxygen atoms in total. The second-order valence-electron chi connectivity index (χ2n) is 8.82. The second-order valence-corrected chi connectivity index (χ2v) is 10.7. The average molecular weight is 484 g/mol. The summed E-state index contributed by atoms with van der Waals surface area (Å²) >= 11 is 0. The zero-order valence-corrected chi connectivity index (χ0v) is 18.8. The van der Waals surface area contributed by atoms with Gasteiger partial charge in [0, 0.05) is 44.6 Å². The largest absolute Gasteiger partial charge is 0.472 e. The summed E-state index contributed by atoms with van der Waals surface area (Å²) in [5.74, 6) is 0.976. The first-order valence-electron chi connectivity index (χ1n) is 10.9. The molecule has 33 heavy (non-hydrogen) atoms. The molecule has 2 saturated heterocycles. The number of pyridine rings is 1. The van der Waals surface area contributed by atoms with Crippen molar-refractivity contribution >= 4 is 10.0 Å². The van der Waals surface area contributed by atoms with Crippen LogP contribution in [-0.2, 0) is 16.2 Å². The van der Waals surface area contributed by atoms with Crippen molar-refractivity contribution in [3.63, 3.8) is 0 Å². The molecule has 0 radical (unpaired) electrons.